The van der Waals surface area contributed by atoms with Gasteiger partial charge in [0.05, 0.1) is 11.0 Å². The van der Waals surface area contributed by atoms with Crippen molar-refractivity contribution in [2.24, 2.45) is 0 Å². The van der Waals surface area contributed by atoms with Crippen molar-refractivity contribution in [3.8, 4) is 0 Å². The first kappa shape index (κ1) is 15.9. The second-order valence-electron chi connectivity index (χ2n) is 5.84. The molecule has 24 heavy (non-hydrogen) atoms. The lowest BCUT2D eigenvalue weighted by Crippen LogP contribution is -2.29. The number of nitro benzene ring substituents is 1. The normalized spacial score (nSPS) is 16.6. The molecule has 1 N–H and O–H groups in total. The third-order valence-electron chi connectivity index (χ3n) is 4.19. The Hall–Kier alpha value is -2.95. The van der Waals surface area contributed by atoms with Crippen LogP contribution in [-0.2, 0) is 11.2 Å². The van der Waals surface area contributed by atoms with E-state index in [0.717, 1.165) is 19.3 Å². The number of hydrogen-bond donors (Lipinski definition) is 1. The maximum Gasteiger partial charge on any atom is 0.270 e. The molecule has 3 rings (SSSR count). The maximum atomic E-state index is 12.2. The molecular formula is C19H18N2O3. The van der Waals surface area contributed by atoms with Gasteiger partial charge in [0.2, 0.25) is 5.91 Å². The van der Waals surface area contributed by atoms with Gasteiger partial charge < -0.3 is 5.32 Å². The molecule has 0 spiro atoms. The van der Waals surface area contributed by atoms with Crippen LogP contribution in [0.5, 0.6) is 0 Å². The van der Waals surface area contributed by atoms with Crippen LogP contribution in [0.4, 0.5) is 5.69 Å². The van der Waals surface area contributed by atoms with Gasteiger partial charge in [0.15, 0.2) is 0 Å². The first-order chi connectivity index (χ1) is 11.6. The molecule has 0 heterocycles. The summed E-state index contributed by atoms with van der Waals surface area (Å²) < 4.78 is 0. The molecule has 2 aromatic rings. The van der Waals surface area contributed by atoms with Crippen molar-refractivity contribution in [2.75, 3.05) is 0 Å². The van der Waals surface area contributed by atoms with E-state index in [9.17, 15) is 14.9 Å². The number of rotatable bonds is 4. The quantitative estimate of drug-likeness (QED) is 0.528. The zero-order valence-electron chi connectivity index (χ0n) is 13.1. The van der Waals surface area contributed by atoms with Crippen molar-refractivity contribution in [3.05, 3.63) is 81.4 Å². The third kappa shape index (κ3) is 3.68. The smallest absolute Gasteiger partial charge is 0.270 e. The lowest BCUT2D eigenvalue weighted by atomic mass is 9.88. The number of fused-ring (bicyclic) bond motifs is 1. The Labute approximate surface area is 140 Å². The molecule has 0 radical (unpaired) electrons. The van der Waals surface area contributed by atoms with Crippen LogP contribution in [0, 0.1) is 10.1 Å². The molecule has 1 aliphatic rings. The second kappa shape index (κ2) is 7.08. The second-order valence-corrected chi connectivity index (χ2v) is 5.84. The fourth-order valence-corrected chi connectivity index (χ4v) is 3.04. The number of benzene rings is 2. The molecule has 0 saturated heterocycles. The van der Waals surface area contributed by atoms with Crippen LogP contribution >= 0.6 is 0 Å². The van der Waals surface area contributed by atoms with Crippen molar-refractivity contribution in [2.45, 2.75) is 25.3 Å². The van der Waals surface area contributed by atoms with Crippen molar-refractivity contribution < 1.29 is 9.72 Å². The topological polar surface area (TPSA) is 72.2 Å². The molecule has 0 aromatic heterocycles. The van der Waals surface area contributed by atoms with Crippen molar-refractivity contribution in [3.63, 3.8) is 0 Å². The van der Waals surface area contributed by atoms with Crippen molar-refractivity contribution in [1.82, 2.24) is 5.32 Å². The number of non-ortho nitro benzene ring substituents is 1. The molecule has 5 heteroatoms. The fourth-order valence-electron chi connectivity index (χ4n) is 3.04. The summed E-state index contributed by atoms with van der Waals surface area (Å²) >= 11 is 0. The van der Waals surface area contributed by atoms with Gasteiger partial charge in [-0.3, -0.25) is 14.9 Å². The number of carbonyl (C=O) groups excluding carboxylic acids is 1. The Bertz CT molecular complexity index is 799. The van der Waals surface area contributed by atoms with Gasteiger partial charge in [-0.05, 0) is 42.0 Å². The highest BCUT2D eigenvalue weighted by molar-refractivity contribution is 5.92. The van der Waals surface area contributed by atoms with Crippen LogP contribution in [0.1, 0.15) is 35.6 Å². The van der Waals surface area contributed by atoms with Crippen molar-refractivity contribution in [1.29, 1.82) is 0 Å². The highest BCUT2D eigenvalue weighted by atomic mass is 16.6. The van der Waals surface area contributed by atoms with E-state index in [0.29, 0.717) is 5.56 Å². The van der Waals surface area contributed by atoms with Crippen LogP contribution in [0.2, 0.25) is 0 Å². The number of amides is 1. The molecule has 0 fully saturated rings. The van der Waals surface area contributed by atoms with Gasteiger partial charge in [-0.1, -0.05) is 36.4 Å². The Morgan fingerprint density at radius 1 is 1.21 bits per heavy atom. The Balaban J connectivity index is 1.68. The molecule has 0 unspecified atom stereocenters. The fraction of sp³-hybridized carbons (Fsp3) is 0.211. The lowest BCUT2D eigenvalue weighted by Gasteiger charge is -2.25. The zero-order valence-corrected chi connectivity index (χ0v) is 13.1. The summed E-state index contributed by atoms with van der Waals surface area (Å²) in [5, 5.41) is 13.8. The number of nitrogens with zero attached hydrogens (tertiary/aromatic N) is 1. The molecule has 0 bridgehead atoms. The minimum Gasteiger partial charge on any atom is -0.346 e. The molecule has 1 aliphatic carbocycles. The summed E-state index contributed by atoms with van der Waals surface area (Å²) in [6, 6.07) is 14.4. The average molecular weight is 322 g/mol. The standard InChI is InChI=1S/C19H18N2O3/c22-19(12-11-14-5-3-8-16(13-14)21(23)24)20-18-10-4-7-15-6-1-2-9-17(15)18/h1-3,5-6,8-9,11-13,18H,4,7,10H2,(H,20,22)/b12-11+/t18-/m1/s1. The summed E-state index contributed by atoms with van der Waals surface area (Å²) in [6.45, 7) is 0. The van der Waals surface area contributed by atoms with Gasteiger partial charge in [0.1, 0.15) is 0 Å². The van der Waals surface area contributed by atoms with Gasteiger partial charge in [-0.25, -0.2) is 0 Å². The van der Waals surface area contributed by atoms with E-state index in [4.69, 9.17) is 0 Å². The Kier molecular flexibility index (Phi) is 4.70. The summed E-state index contributed by atoms with van der Waals surface area (Å²) in [7, 11) is 0. The van der Waals surface area contributed by atoms with Crippen molar-refractivity contribution >= 4 is 17.7 Å². The van der Waals surface area contributed by atoms with Crippen LogP contribution in [-0.4, -0.2) is 10.8 Å². The third-order valence-corrected chi connectivity index (χ3v) is 4.19. The van der Waals surface area contributed by atoms with E-state index in [1.54, 1.807) is 18.2 Å². The van der Waals surface area contributed by atoms with Crippen LogP contribution in [0.25, 0.3) is 6.08 Å². The van der Waals surface area contributed by atoms with Crippen LogP contribution < -0.4 is 5.32 Å². The van der Waals surface area contributed by atoms with E-state index in [1.807, 2.05) is 12.1 Å². The summed E-state index contributed by atoms with van der Waals surface area (Å²) in [5.41, 5.74) is 3.11. The molecule has 5 nitrogen and oxygen atoms in total. The molecule has 0 saturated carbocycles. The predicted molar refractivity (Wildman–Crippen MR) is 92.4 cm³/mol. The highest BCUT2D eigenvalue weighted by Gasteiger charge is 2.20. The van der Waals surface area contributed by atoms with E-state index in [2.05, 4.69) is 17.4 Å². The maximum absolute atomic E-state index is 12.2. The largest absolute Gasteiger partial charge is 0.346 e. The van der Waals surface area contributed by atoms with Gasteiger partial charge in [0.25, 0.3) is 5.69 Å². The average Bonchev–Trinajstić information content (AvgIpc) is 2.60. The molecule has 1 atom stereocenters. The number of nitro groups is 1. The number of hydrogen-bond acceptors (Lipinski definition) is 3. The van der Waals surface area contributed by atoms with Gasteiger partial charge in [0, 0.05) is 18.2 Å². The van der Waals surface area contributed by atoms with Gasteiger partial charge >= 0.3 is 0 Å². The minimum absolute atomic E-state index is 0.0127. The predicted octanol–water partition coefficient (Wildman–Crippen LogP) is 3.80. The first-order valence-electron chi connectivity index (χ1n) is 7.94. The van der Waals surface area contributed by atoms with E-state index in [-0.39, 0.29) is 17.6 Å². The molecule has 2 aromatic carbocycles. The number of carbonyl (C=O) groups is 1. The highest BCUT2D eigenvalue weighted by Crippen LogP contribution is 2.29. The monoisotopic (exact) mass is 322 g/mol. The van der Waals surface area contributed by atoms with Gasteiger partial charge in [-0.2, -0.15) is 0 Å². The Morgan fingerprint density at radius 2 is 2.04 bits per heavy atom. The number of aryl methyl sites for hydroxylation is 1. The molecule has 1 amide bonds. The summed E-state index contributed by atoms with van der Waals surface area (Å²) in [5.74, 6) is -0.191. The zero-order chi connectivity index (χ0) is 16.9. The van der Waals surface area contributed by atoms with Crippen LogP contribution in [0.15, 0.2) is 54.6 Å². The summed E-state index contributed by atoms with van der Waals surface area (Å²) in [4.78, 5) is 22.5. The first-order valence-corrected chi connectivity index (χ1v) is 7.94. The molecule has 0 aliphatic heterocycles. The van der Waals surface area contributed by atoms with E-state index < -0.39 is 4.92 Å². The van der Waals surface area contributed by atoms with Crippen LogP contribution in [0.3, 0.4) is 0 Å². The summed E-state index contributed by atoms with van der Waals surface area (Å²) in [6.07, 6.45) is 6.05. The molecule has 122 valence electrons. The minimum atomic E-state index is -0.448. The molecular weight excluding hydrogens is 304 g/mol. The Morgan fingerprint density at radius 3 is 2.88 bits per heavy atom. The van der Waals surface area contributed by atoms with Gasteiger partial charge in [-0.15, -0.1) is 0 Å². The number of nitrogens with one attached hydrogen (secondary N) is 1. The SMILES string of the molecule is O=C(/C=C/c1cccc([N+](=O)[O-])c1)N[C@@H]1CCCc2ccccc21. The van der Waals surface area contributed by atoms with E-state index in [1.165, 1.54) is 29.3 Å². The van der Waals surface area contributed by atoms with E-state index >= 15 is 0 Å². The lowest BCUT2D eigenvalue weighted by molar-refractivity contribution is -0.384.